The summed E-state index contributed by atoms with van der Waals surface area (Å²) in [7, 11) is 1.61. The second-order valence-electron chi connectivity index (χ2n) is 5.94. The molecule has 3 aromatic rings. The number of amides is 1. The lowest BCUT2D eigenvalue weighted by Crippen LogP contribution is -2.39. The van der Waals surface area contributed by atoms with Crippen LogP contribution in [0.15, 0.2) is 60.7 Å². The van der Waals surface area contributed by atoms with E-state index >= 15 is 0 Å². The van der Waals surface area contributed by atoms with Crippen LogP contribution in [0.2, 0.25) is 0 Å². The maximum Gasteiger partial charge on any atom is 0.269 e. The van der Waals surface area contributed by atoms with Crippen molar-refractivity contribution in [2.75, 3.05) is 13.7 Å². The lowest BCUT2D eigenvalue weighted by molar-refractivity contribution is 0.0911. The van der Waals surface area contributed by atoms with E-state index in [0.717, 1.165) is 16.9 Å². The van der Waals surface area contributed by atoms with Crippen LogP contribution in [0.5, 0.6) is 5.75 Å². The van der Waals surface area contributed by atoms with Crippen molar-refractivity contribution in [1.82, 2.24) is 15.5 Å². The van der Waals surface area contributed by atoms with Crippen LogP contribution in [0, 0.1) is 0 Å². The zero-order valence-corrected chi connectivity index (χ0v) is 14.5. The number of aliphatic hydroxyl groups excluding tert-OH is 1. The minimum Gasteiger partial charge on any atom is -0.497 e. The molecule has 0 aliphatic heterocycles. The van der Waals surface area contributed by atoms with Crippen molar-refractivity contribution in [2.45, 2.75) is 12.5 Å². The largest absolute Gasteiger partial charge is 0.497 e. The molecule has 0 unspecified atom stereocenters. The Balaban J connectivity index is 1.66. The summed E-state index contributed by atoms with van der Waals surface area (Å²) in [5.41, 5.74) is 2.95. The van der Waals surface area contributed by atoms with Gasteiger partial charge in [-0.3, -0.25) is 9.89 Å². The number of nitrogens with one attached hydrogen (secondary N) is 2. The summed E-state index contributed by atoms with van der Waals surface area (Å²) < 4.78 is 5.14. The zero-order valence-electron chi connectivity index (χ0n) is 14.5. The van der Waals surface area contributed by atoms with Gasteiger partial charge >= 0.3 is 0 Å². The molecule has 2 aromatic carbocycles. The van der Waals surface area contributed by atoms with Crippen molar-refractivity contribution in [3.8, 4) is 17.0 Å². The quantitative estimate of drug-likeness (QED) is 0.610. The highest BCUT2D eigenvalue weighted by Crippen LogP contribution is 2.21. The molecular formula is C20H21N3O3. The number of hydrogen-bond donors (Lipinski definition) is 3. The Hall–Kier alpha value is -3.12. The van der Waals surface area contributed by atoms with Gasteiger partial charge in [0.25, 0.3) is 5.91 Å². The van der Waals surface area contributed by atoms with Gasteiger partial charge in [0.2, 0.25) is 0 Å². The van der Waals surface area contributed by atoms with Crippen LogP contribution in [-0.4, -0.2) is 41.0 Å². The molecule has 134 valence electrons. The Morgan fingerprint density at radius 3 is 2.58 bits per heavy atom. The molecule has 3 rings (SSSR count). The SMILES string of the molecule is COc1ccc(-c2cc(C(=O)N[C@H](CO)Cc3ccccc3)[nH]n2)cc1. The van der Waals surface area contributed by atoms with E-state index < -0.39 is 0 Å². The van der Waals surface area contributed by atoms with Crippen molar-refractivity contribution in [3.05, 3.63) is 71.9 Å². The highest BCUT2D eigenvalue weighted by molar-refractivity contribution is 5.93. The summed E-state index contributed by atoms with van der Waals surface area (Å²) in [5, 5.41) is 19.3. The molecule has 3 N–H and O–H groups in total. The molecule has 6 nitrogen and oxygen atoms in total. The van der Waals surface area contributed by atoms with Crippen molar-refractivity contribution in [3.63, 3.8) is 0 Å². The number of aromatic amines is 1. The number of methoxy groups -OCH3 is 1. The minimum absolute atomic E-state index is 0.139. The molecule has 0 aliphatic carbocycles. The summed E-state index contributed by atoms with van der Waals surface area (Å²) in [5.74, 6) is 0.459. The maximum absolute atomic E-state index is 12.4. The Labute approximate surface area is 151 Å². The predicted molar refractivity (Wildman–Crippen MR) is 99.1 cm³/mol. The monoisotopic (exact) mass is 351 g/mol. The van der Waals surface area contributed by atoms with Gasteiger partial charge in [0, 0.05) is 5.56 Å². The first kappa shape index (κ1) is 17.7. The first-order chi connectivity index (χ1) is 12.7. The van der Waals surface area contributed by atoms with E-state index in [1.54, 1.807) is 13.2 Å². The molecule has 1 atom stereocenters. The molecular weight excluding hydrogens is 330 g/mol. The summed E-state index contributed by atoms with van der Waals surface area (Å²) >= 11 is 0. The Kier molecular flexibility index (Phi) is 5.66. The number of rotatable bonds is 7. The normalized spacial score (nSPS) is 11.8. The molecule has 0 aliphatic rings. The van der Waals surface area contributed by atoms with Gasteiger partial charge in [-0.15, -0.1) is 0 Å². The maximum atomic E-state index is 12.4. The standard InChI is InChI=1S/C20H21N3O3/c1-26-17-9-7-15(8-10-17)18-12-19(23-22-18)20(25)21-16(13-24)11-14-5-3-2-4-6-14/h2-10,12,16,24H,11,13H2,1H3,(H,21,25)(H,22,23)/t16-/m0/s1. The van der Waals surface area contributed by atoms with Gasteiger partial charge in [0.05, 0.1) is 25.5 Å². The number of nitrogens with zero attached hydrogens (tertiary/aromatic N) is 1. The highest BCUT2D eigenvalue weighted by atomic mass is 16.5. The average molecular weight is 351 g/mol. The number of hydrogen-bond acceptors (Lipinski definition) is 4. The third-order valence-corrected chi connectivity index (χ3v) is 4.09. The van der Waals surface area contributed by atoms with E-state index in [4.69, 9.17) is 4.74 Å². The van der Waals surface area contributed by atoms with E-state index in [1.165, 1.54) is 0 Å². The molecule has 26 heavy (non-hydrogen) atoms. The smallest absolute Gasteiger partial charge is 0.269 e. The molecule has 0 spiro atoms. The third-order valence-electron chi connectivity index (χ3n) is 4.09. The zero-order chi connectivity index (χ0) is 18.4. The summed E-state index contributed by atoms with van der Waals surface area (Å²) in [6.07, 6.45) is 0.558. The average Bonchev–Trinajstić information content (AvgIpc) is 3.18. The van der Waals surface area contributed by atoms with Crippen LogP contribution in [-0.2, 0) is 6.42 Å². The number of H-pyrrole nitrogens is 1. The summed E-state index contributed by atoms with van der Waals surface area (Å²) in [6.45, 7) is -0.139. The van der Waals surface area contributed by atoms with Gasteiger partial charge in [0.15, 0.2) is 0 Å². The van der Waals surface area contributed by atoms with Crippen LogP contribution in [0.1, 0.15) is 16.1 Å². The topological polar surface area (TPSA) is 87.2 Å². The van der Waals surface area contributed by atoms with Gasteiger partial charge in [-0.05, 0) is 42.3 Å². The molecule has 1 amide bonds. The van der Waals surface area contributed by atoms with Crippen molar-refractivity contribution >= 4 is 5.91 Å². The first-order valence-electron chi connectivity index (χ1n) is 8.35. The number of carbonyl (C=O) groups excluding carboxylic acids is 1. The number of aromatic nitrogens is 2. The van der Waals surface area contributed by atoms with Crippen LogP contribution in [0.3, 0.4) is 0 Å². The number of aliphatic hydroxyl groups is 1. The van der Waals surface area contributed by atoms with E-state index in [-0.39, 0.29) is 18.6 Å². The summed E-state index contributed by atoms with van der Waals surface area (Å²) in [4.78, 5) is 12.4. The second kappa shape index (κ2) is 8.31. The number of ether oxygens (including phenoxy) is 1. The van der Waals surface area contributed by atoms with Crippen LogP contribution >= 0.6 is 0 Å². The van der Waals surface area contributed by atoms with E-state index in [0.29, 0.717) is 17.8 Å². The molecule has 6 heteroatoms. The van der Waals surface area contributed by atoms with Gasteiger partial charge < -0.3 is 15.2 Å². The Morgan fingerprint density at radius 1 is 1.19 bits per heavy atom. The first-order valence-corrected chi connectivity index (χ1v) is 8.35. The van der Waals surface area contributed by atoms with Gasteiger partial charge in [-0.2, -0.15) is 5.10 Å². The fraction of sp³-hybridized carbons (Fsp3) is 0.200. The molecule has 1 heterocycles. The van der Waals surface area contributed by atoms with E-state index in [9.17, 15) is 9.90 Å². The van der Waals surface area contributed by atoms with Crippen molar-refractivity contribution in [1.29, 1.82) is 0 Å². The van der Waals surface area contributed by atoms with Crippen LogP contribution in [0.4, 0.5) is 0 Å². The van der Waals surface area contributed by atoms with Crippen LogP contribution < -0.4 is 10.1 Å². The minimum atomic E-state index is -0.363. The highest BCUT2D eigenvalue weighted by Gasteiger charge is 2.16. The van der Waals surface area contributed by atoms with E-state index in [1.807, 2.05) is 54.6 Å². The lowest BCUT2D eigenvalue weighted by atomic mass is 10.1. The fourth-order valence-electron chi connectivity index (χ4n) is 2.67. The molecule has 0 radical (unpaired) electrons. The van der Waals surface area contributed by atoms with Crippen molar-refractivity contribution in [2.24, 2.45) is 0 Å². The number of carbonyl (C=O) groups is 1. The second-order valence-corrected chi connectivity index (χ2v) is 5.94. The van der Waals surface area contributed by atoms with E-state index in [2.05, 4.69) is 15.5 Å². The van der Waals surface area contributed by atoms with Crippen molar-refractivity contribution < 1.29 is 14.6 Å². The van der Waals surface area contributed by atoms with Gasteiger partial charge in [0.1, 0.15) is 11.4 Å². The Morgan fingerprint density at radius 2 is 1.92 bits per heavy atom. The lowest BCUT2D eigenvalue weighted by Gasteiger charge is -2.15. The molecule has 0 saturated heterocycles. The Bertz CT molecular complexity index is 844. The molecule has 0 fully saturated rings. The summed E-state index contributed by atoms with van der Waals surface area (Å²) in [6, 6.07) is 18.5. The van der Waals surface area contributed by atoms with Gasteiger partial charge in [-0.25, -0.2) is 0 Å². The molecule has 0 saturated carbocycles. The fourth-order valence-corrected chi connectivity index (χ4v) is 2.67. The van der Waals surface area contributed by atoms with Crippen LogP contribution in [0.25, 0.3) is 11.3 Å². The van der Waals surface area contributed by atoms with Gasteiger partial charge in [-0.1, -0.05) is 30.3 Å². The molecule has 0 bridgehead atoms. The molecule has 1 aromatic heterocycles. The third kappa shape index (κ3) is 4.29. The predicted octanol–water partition coefficient (Wildman–Crippen LogP) is 2.42. The number of benzene rings is 2.